The molecule has 0 saturated heterocycles. The first-order valence-electron chi connectivity index (χ1n) is 5.91. The SMILES string of the molecule is C=C1CNc2ccccc2C1c1ccccc1. The average Bonchev–Trinajstić information content (AvgIpc) is 2.39. The summed E-state index contributed by atoms with van der Waals surface area (Å²) in [6.07, 6.45) is 0. The Morgan fingerprint density at radius 2 is 1.65 bits per heavy atom. The molecule has 0 bridgehead atoms. The van der Waals surface area contributed by atoms with Crippen LogP contribution in [0, 0.1) is 0 Å². The maximum atomic E-state index is 4.21. The van der Waals surface area contributed by atoms with E-state index in [9.17, 15) is 0 Å². The molecule has 2 aromatic rings. The van der Waals surface area contributed by atoms with Gasteiger partial charge < -0.3 is 5.32 Å². The molecule has 1 atom stereocenters. The summed E-state index contributed by atoms with van der Waals surface area (Å²) < 4.78 is 0. The number of rotatable bonds is 1. The third-order valence-corrected chi connectivity index (χ3v) is 3.32. The number of nitrogens with one attached hydrogen (secondary N) is 1. The minimum absolute atomic E-state index is 0.327. The first kappa shape index (κ1) is 10.2. The fourth-order valence-corrected chi connectivity index (χ4v) is 2.50. The molecule has 84 valence electrons. The molecule has 1 heteroatoms. The number of hydrogen-bond donors (Lipinski definition) is 1. The molecule has 2 aromatic carbocycles. The van der Waals surface area contributed by atoms with Crippen LogP contribution in [-0.2, 0) is 0 Å². The van der Waals surface area contributed by atoms with Crippen LogP contribution in [0.5, 0.6) is 0 Å². The molecule has 1 nitrogen and oxygen atoms in total. The average molecular weight is 221 g/mol. The molecule has 0 saturated carbocycles. The van der Waals surface area contributed by atoms with Crippen LogP contribution in [0.3, 0.4) is 0 Å². The maximum absolute atomic E-state index is 4.21. The molecule has 0 aromatic heterocycles. The maximum Gasteiger partial charge on any atom is 0.0384 e. The molecular weight excluding hydrogens is 206 g/mol. The van der Waals surface area contributed by atoms with Crippen LogP contribution >= 0.6 is 0 Å². The van der Waals surface area contributed by atoms with Gasteiger partial charge in [0.15, 0.2) is 0 Å². The van der Waals surface area contributed by atoms with Gasteiger partial charge in [-0.3, -0.25) is 0 Å². The third kappa shape index (κ3) is 1.74. The van der Waals surface area contributed by atoms with Crippen LogP contribution in [-0.4, -0.2) is 6.54 Å². The van der Waals surface area contributed by atoms with Crippen LogP contribution in [0.4, 0.5) is 5.69 Å². The zero-order valence-corrected chi connectivity index (χ0v) is 9.69. The zero-order chi connectivity index (χ0) is 11.7. The molecule has 0 fully saturated rings. The molecule has 0 amide bonds. The van der Waals surface area contributed by atoms with Crippen molar-refractivity contribution in [1.82, 2.24) is 0 Å². The summed E-state index contributed by atoms with van der Waals surface area (Å²) in [6, 6.07) is 19.1. The Kier molecular flexibility index (Phi) is 2.45. The molecule has 0 radical (unpaired) electrons. The van der Waals surface area contributed by atoms with E-state index >= 15 is 0 Å². The van der Waals surface area contributed by atoms with Crippen molar-refractivity contribution < 1.29 is 0 Å². The van der Waals surface area contributed by atoms with Crippen molar-refractivity contribution in [3.8, 4) is 0 Å². The summed E-state index contributed by atoms with van der Waals surface area (Å²) in [5, 5.41) is 3.41. The first-order chi connectivity index (χ1) is 8.36. The molecule has 0 aliphatic carbocycles. The molecule has 1 unspecified atom stereocenters. The number of benzene rings is 2. The Morgan fingerprint density at radius 3 is 2.47 bits per heavy atom. The largest absolute Gasteiger partial charge is 0.381 e. The highest BCUT2D eigenvalue weighted by Gasteiger charge is 2.23. The lowest BCUT2D eigenvalue weighted by molar-refractivity contribution is 0.893. The number of fused-ring (bicyclic) bond motifs is 1. The summed E-state index contributed by atoms with van der Waals surface area (Å²) in [4.78, 5) is 0. The third-order valence-electron chi connectivity index (χ3n) is 3.32. The van der Waals surface area contributed by atoms with Crippen LogP contribution in [0.1, 0.15) is 17.0 Å². The summed E-state index contributed by atoms with van der Waals surface area (Å²) in [5.41, 5.74) is 5.12. The highest BCUT2D eigenvalue weighted by atomic mass is 14.9. The number of anilines is 1. The van der Waals surface area contributed by atoms with E-state index in [0.29, 0.717) is 5.92 Å². The summed E-state index contributed by atoms with van der Waals surface area (Å²) in [5.74, 6) is 0.327. The van der Waals surface area contributed by atoms with E-state index in [0.717, 1.165) is 6.54 Å². The fourth-order valence-electron chi connectivity index (χ4n) is 2.50. The van der Waals surface area contributed by atoms with Gasteiger partial charge in [-0.15, -0.1) is 0 Å². The van der Waals surface area contributed by atoms with Crippen molar-refractivity contribution in [3.05, 3.63) is 77.9 Å². The van der Waals surface area contributed by atoms with Gasteiger partial charge in [0.2, 0.25) is 0 Å². The van der Waals surface area contributed by atoms with E-state index < -0.39 is 0 Å². The quantitative estimate of drug-likeness (QED) is 0.722. The molecule has 3 rings (SSSR count). The van der Waals surface area contributed by atoms with Gasteiger partial charge in [0.25, 0.3) is 0 Å². The lowest BCUT2D eigenvalue weighted by Gasteiger charge is -2.29. The topological polar surface area (TPSA) is 12.0 Å². The molecule has 1 aliphatic heterocycles. The first-order valence-corrected chi connectivity index (χ1v) is 5.91. The van der Waals surface area contributed by atoms with Gasteiger partial charge in [-0.25, -0.2) is 0 Å². The van der Waals surface area contributed by atoms with Gasteiger partial charge in [-0.2, -0.15) is 0 Å². The van der Waals surface area contributed by atoms with E-state index in [1.54, 1.807) is 0 Å². The monoisotopic (exact) mass is 221 g/mol. The van der Waals surface area contributed by atoms with E-state index in [4.69, 9.17) is 0 Å². The lowest BCUT2D eigenvalue weighted by Crippen LogP contribution is -2.20. The Bertz CT molecular complexity index is 542. The Labute approximate surface area is 102 Å². The van der Waals surface area contributed by atoms with Crippen molar-refractivity contribution in [3.63, 3.8) is 0 Å². The highest BCUT2D eigenvalue weighted by molar-refractivity contribution is 5.62. The molecule has 0 spiro atoms. The van der Waals surface area contributed by atoms with Crippen molar-refractivity contribution >= 4 is 5.69 Å². The second-order valence-electron chi connectivity index (χ2n) is 4.44. The predicted octanol–water partition coefficient (Wildman–Crippen LogP) is 3.80. The van der Waals surface area contributed by atoms with Gasteiger partial charge in [0.1, 0.15) is 0 Å². The van der Waals surface area contributed by atoms with E-state index in [1.165, 1.54) is 22.4 Å². The summed E-state index contributed by atoms with van der Waals surface area (Å²) >= 11 is 0. The molecular formula is C16H15N. The number of para-hydroxylation sites is 1. The molecule has 1 N–H and O–H groups in total. The van der Waals surface area contributed by atoms with E-state index in [2.05, 4.69) is 66.5 Å². The number of hydrogen-bond acceptors (Lipinski definition) is 1. The smallest absolute Gasteiger partial charge is 0.0384 e. The van der Waals surface area contributed by atoms with Crippen LogP contribution < -0.4 is 5.32 Å². The summed E-state index contributed by atoms with van der Waals surface area (Å²) in [6.45, 7) is 5.07. The van der Waals surface area contributed by atoms with Gasteiger partial charge in [0.05, 0.1) is 0 Å². The molecule has 17 heavy (non-hydrogen) atoms. The minimum Gasteiger partial charge on any atom is -0.381 e. The minimum atomic E-state index is 0.327. The van der Waals surface area contributed by atoms with Crippen molar-refractivity contribution in [1.29, 1.82) is 0 Å². The second kappa shape index (κ2) is 4.10. The van der Waals surface area contributed by atoms with Crippen LogP contribution in [0.25, 0.3) is 0 Å². The predicted molar refractivity (Wildman–Crippen MR) is 72.4 cm³/mol. The second-order valence-corrected chi connectivity index (χ2v) is 4.44. The van der Waals surface area contributed by atoms with Gasteiger partial charge in [-0.1, -0.05) is 55.1 Å². The highest BCUT2D eigenvalue weighted by Crippen LogP contribution is 2.38. The zero-order valence-electron chi connectivity index (χ0n) is 9.69. The molecule has 1 heterocycles. The normalized spacial score (nSPS) is 18.4. The van der Waals surface area contributed by atoms with E-state index in [-0.39, 0.29) is 0 Å². The standard InChI is InChI=1S/C16H15N/c1-12-11-17-15-10-6-5-9-14(15)16(12)13-7-3-2-4-8-13/h2-10,16-17H,1,11H2. The van der Waals surface area contributed by atoms with Gasteiger partial charge >= 0.3 is 0 Å². The Morgan fingerprint density at radius 1 is 0.941 bits per heavy atom. The van der Waals surface area contributed by atoms with Crippen molar-refractivity contribution in [2.24, 2.45) is 0 Å². The van der Waals surface area contributed by atoms with E-state index in [1.807, 2.05) is 0 Å². The lowest BCUT2D eigenvalue weighted by atomic mass is 9.82. The van der Waals surface area contributed by atoms with Gasteiger partial charge in [-0.05, 0) is 22.8 Å². The van der Waals surface area contributed by atoms with Crippen LogP contribution in [0.2, 0.25) is 0 Å². The molecule has 1 aliphatic rings. The fraction of sp³-hybridized carbons (Fsp3) is 0.125. The van der Waals surface area contributed by atoms with Crippen LogP contribution in [0.15, 0.2) is 66.7 Å². The van der Waals surface area contributed by atoms with Crippen molar-refractivity contribution in [2.75, 3.05) is 11.9 Å². The Balaban J connectivity index is 2.13. The van der Waals surface area contributed by atoms with Crippen molar-refractivity contribution in [2.45, 2.75) is 5.92 Å². The summed E-state index contributed by atoms with van der Waals surface area (Å²) in [7, 11) is 0. The Hall–Kier alpha value is -2.02. The van der Waals surface area contributed by atoms with Gasteiger partial charge in [0, 0.05) is 18.2 Å².